The van der Waals surface area contributed by atoms with Crippen LogP contribution in [0.2, 0.25) is 5.02 Å². The molecule has 0 unspecified atom stereocenters. The number of hydrogen-bond acceptors (Lipinski definition) is 3. The van der Waals surface area contributed by atoms with Crippen molar-refractivity contribution in [1.29, 1.82) is 0 Å². The molecule has 0 aliphatic carbocycles. The van der Waals surface area contributed by atoms with Crippen LogP contribution in [0.25, 0.3) is 10.1 Å². The van der Waals surface area contributed by atoms with Gasteiger partial charge < -0.3 is 0 Å². The Bertz CT molecular complexity index is 720. The molecule has 0 aliphatic rings. The van der Waals surface area contributed by atoms with Crippen molar-refractivity contribution in [1.82, 2.24) is 4.72 Å². The molecule has 1 aromatic carbocycles. The third-order valence-electron chi connectivity index (χ3n) is 3.12. The zero-order valence-electron chi connectivity index (χ0n) is 11.7. The third-order valence-corrected chi connectivity index (χ3v) is 6.77. The van der Waals surface area contributed by atoms with Crippen LogP contribution in [-0.2, 0) is 10.0 Å². The summed E-state index contributed by atoms with van der Waals surface area (Å²) in [6.45, 7) is 6.40. The predicted molar refractivity (Wildman–Crippen MR) is 86.2 cm³/mol. The Morgan fingerprint density at radius 1 is 1.35 bits per heavy atom. The SMILES string of the molecule is Cc1c(S(=O)(=O)NCCC(C)C)sc2cccc(Cl)c12. The van der Waals surface area contributed by atoms with Gasteiger partial charge in [0.05, 0.1) is 0 Å². The first kappa shape index (κ1) is 15.8. The van der Waals surface area contributed by atoms with Crippen LogP contribution in [0.1, 0.15) is 25.8 Å². The fraction of sp³-hybridized carbons (Fsp3) is 0.429. The number of nitrogens with one attached hydrogen (secondary N) is 1. The summed E-state index contributed by atoms with van der Waals surface area (Å²) in [5.41, 5.74) is 0.729. The Morgan fingerprint density at radius 3 is 2.65 bits per heavy atom. The van der Waals surface area contributed by atoms with Crippen molar-refractivity contribution in [3.05, 3.63) is 28.8 Å². The largest absolute Gasteiger partial charge is 0.250 e. The van der Waals surface area contributed by atoms with Crippen molar-refractivity contribution < 1.29 is 8.42 Å². The Kier molecular flexibility index (Phi) is 4.74. The lowest BCUT2D eigenvalue weighted by molar-refractivity contribution is 0.552. The molecule has 0 atom stereocenters. The van der Waals surface area contributed by atoms with Crippen LogP contribution in [0.15, 0.2) is 22.4 Å². The fourth-order valence-corrected chi connectivity index (χ4v) is 5.28. The summed E-state index contributed by atoms with van der Waals surface area (Å²) >= 11 is 7.43. The van der Waals surface area contributed by atoms with Crippen molar-refractivity contribution in [2.45, 2.75) is 31.4 Å². The van der Waals surface area contributed by atoms with E-state index in [1.807, 2.05) is 19.1 Å². The molecule has 6 heteroatoms. The van der Waals surface area contributed by atoms with Gasteiger partial charge in [0.1, 0.15) is 4.21 Å². The number of benzene rings is 1. The van der Waals surface area contributed by atoms with Gasteiger partial charge in [-0.15, -0.1) is 11.3 Å². The lowest BCUT2D eigenvalue weighted by Gasteiger charge is -2.07. The molecule has 1 aromatic heterocycles. The molecule has 2 aromatic rings. The summed E-state index contributed by atoms with van der Waals surface area (Å²) in [5.74, 6) is 0.468. The Balaban J connectivity index is 2.37. The van der Waals surface area contributed by atoms with Crippen LogP contribution in [0.4, 0.5) is 0 Å². The monoisotopic (exact) mass is 331 g/mol. The van der Waals surface area contributed by atoms with E-state index in [0.717, 1.165) is 22.1 Å². The standard InChI is InChI=1S/C14H18ClNO2S2/c1-9(2)7-8-16-20(17,18)14-10(3)13-11(15)5-4-6-12(13)19-14/h4-6,9,16H,7-8H2,1-3H3. The molecular formula is C14H18ClNO2S2. The van der Waals surface area contributed by atoms with Gasteiger partial charge in [0, 0.05) is 21.7 Å². The van der Waals surface area contributed by atoms with Gasteiger partial charge in [-0.3, -0.25) is 0 Å². The molecular weight excluding hydrogens is 314 g/mol. The highest BCUT2D eigenvalue weighted by molar-refractivity contribution is 7.91. The highest BCUT2D eigenvalue weighted by Gasteiger charge is 2.22. The number of halogens is 1. The van der Waals surface area contributed by atoms with E-state index in [2.05, 4.69) is 18.6 Å². The zero-order chi connectivity index (χ0) is 14.9. The van der Waals surface area contributed by atoms with Crippen molar-refractivity contribution in [3.63, 3.8) is 0 Å². The first-order valence-corrected chi connectivity index (χ1v) is 9.18. The van der Waals surface area contributed by atoms with E-state index in [1.165, 1.54) is 11.3 Å². The lowest BCUT2D eigenvalue weighted by atomic mass is 10.1. The first-order valence-electron chi connectivity index (χ1n) is 6.50. The quantitative estimate of drug-likeness (QED) is 0.893. The summed E-state index contributed by atoms with van der Waals surface area (Å²) in [6, 6.07) is 5.52. The van der Waals surface area contributed by atoms with Gasteiger partial charge >= 0.3 is 0 Å². The molecule has 1 N–H and O–H groups in total. The molecule has 0 bridgehead atoms. The lowest BCUT2D eigenvalue weighted by Crippen LogP contribution is -2.25. The number of hydrogen-bond donors (Lipinski definition) is 1. The highest BCUT2D eigenvalue weighted by Crippen LogP contribution is 2.37. The van der Waals surface area contributed by atoms with Gasteiger partial charge in [-0.25, -0.2) is 13.1 Å². The van der Waals surface area contributed by atoms with Crippen LogP contribution in [0.3, 0.4) is 0 Å². The molecule has 0 spiro atoms. The van der Waals surface area contributed by atoms with E-state index < -0.39 is 10.0 Å². The second kappa shape index (κ2) is 6.02. The normalized spacial score (nSPS) is 12.4. The van der Waals surface area contributed by atoms with Crippen LogP contribution in [0.5, 0.6) is 0 Å². The van der Waals surface area contributed by atoms with E-state index in [0.29, 0.717) is 21.7 Å². The van der Waals surface area contributed by atoms with Crippen molar-refractivity contribution in [2.24, 2.45) is 5.92 Å². The van der Waals surface area contributed by atoms with Gasteiger partial charge in [-0.05, 0) is 37.0 Å². The zero-order valence-corrected chi connectivity index (χ0v) is 14.1. The second-order valence-corrected chi connectivity index (χ2v) is 8.63. The minimum atomic E-state index is -3.46. The number of thiophene rings is 1. The predicted octanol–water partition coefficient (Wildman–Crippen LogP) is 4.19. The van der Waals surface area contributed by atoms with Crippen molar-refractivity contribution in [3.8, 4) is 0 Å². The molecule has 2 rings (SSSR count). The topological polar surface area (TPSA) is 46.2 Å². The van der Waals surface area contributed by atoms with Gasteiger partial charge in [-0.2, -0.15) is 0 Å². The third kappa shape index (κ3) is 3.17. The summed E-state index contributed by atoms with van der Waals surface area (Å²) < 4.78 is 28.7. The maximum Gasteiger partial charge on any atom is 0.250 e. The Hall–Kier alpha value is -0.620. The second-order valence-electron chi connectivity index (χ2n) is 5.21. The molecule has 0 saturated heterocycles. The van der Waals surface area contributed by atoms with Crippen molar-refractivity contribution >= 4 is 43.0 Å². The minimum Gasteiger partial charge on any atom is -0.210 e. The van der Waals surface area contributed by atoms with Crippen LogP contribution >= 0.6 is 22.9 Å². The van der Waals surface area contributed by atoms with Gasteiger partial charge in [-0.1, -0.05) is 31.5 Å². The molecule has 0 radical (unpaired) electrons. The smallest absolute Gasteiger partial charge is 0.210 e. The van der Waals surface area contributed by atoms with Gasteiger partial charge in [0.25, 0.3) is 0 Å². The average Bonchev–Trinajstić information content (AvgIpc) is 2.68. The minimum absolute atomic E-state index is 0.365. The summed E-state index contributed by atoms with van der Waals surface area (Å²) in [7, 11) is -3.46. The maximum atomic E-state index is 12.4. The van der Waals surface area contributed by atoms with E-state index in [-0.39, 0.29) is 0 Å². The van der Waals surface area contributed by atoms with E-state index in [9.17, 15) is 8.42 Å². The summed E-state index contributed by atoms with van der Waals surface area (Å²) in [6.07, 6.45) is 0.823. The van der Waals surface area contributed by atoms with Gasteiger partial charge in [0.15, 0.2) is 0 Å². The molecule has 20 heavy (non-hydrogen) atoms. The fourth-order valence-electron chi connectivity index (χ4n) is 2.04. The number of aryl methyl sites for hydroxylation is 1. The Labute approximate surface area is 129 Å². The summed E-state index contributed by atoms with van der Waals surface area (Å²) in [5, 5.41) is 1.43. The average molecular weight is 332 g/mol. The van der Waals surface area contributed by atoms with Crippen LogP contribution < -0.4 is 4.72 Å². The van der Waals surface area contributed by atoms with Crippen LogP contribution in [0, 0.1) is 12.8 Å². The first-order chi connectivity index (χ1) is 9.33. The molecule has 110 valence electrons. The number of sulfonamides is 1. The highest BCUT2D eigenvalue weighted by atomic mass is 35.5. The molecule has 1 heterocycles. The van der Waals surface area contributed by atoms with Crippen LogP contribution in [-0.4, -0.2) is 15.0 Å². The molecule has 3 nitrogen and oxygen atoms in total. The maximum absolute atomic E-state index is 12.4. The van der Waals surface area contributed by atoms with E-state index in [1.54, 1.807) is 6.07 Å². The van der Waals surface area contributed by atoms with E-state index in [4.69, 9.17) is 11.6 Å². The number of rotatable bonds is 5. The summed E-state index contributed by atoms with van der Waals surface area (Å²) in [4.78, 5) is 0. The molecule has 0 fully saturated rings. The van der Waals surface area contributed by atoms with Crippen molar-refractivity contribution in [2.75, 3.05) is 6.54 Å². The molecule has 0 saturated carbocycles. The number of fused-ring (bicyclic) bond motifs is 1. The van der Waals surface area contributed by atoms with Gasteiger partial charge in [0.2, 0.25) is 10.0 Å². The Morgan fingerprint density at radius 2 is 2.05 bits per heavy atom. The van der Waals surface area contributed by atoms with E-state index >= 15 is 0 Å². The molecule has 0 aliphatic heterocycles. The molecule has 0 amide bonds.